The lowest BCUT2D eigenvalue weighted by Gasteiger charge is -2.61. The molecular formula is C32H52O3. The largest absolute Gasteiger partial charge is 0.458 e. The minimum absolute atomic E-state index is 0.126. The molecule has 4 fully saturated rings. The van der Waals surface area contributed by atoms with E-state index in [0.29, 0.717) is 17.3 Å². The molecule has 0 saturated heterocycles. The molecule has 0 aromatic carbocycles. The topological polar surface area (TPSA) is 43.4 Å². The summed E-state index contributed by atoms with van der Waals surface area (Å²) in [5.41, 5.74) is 4.03. The van der Waals surface area contributed by atoms with Crippen LogP contribution in [0.25, 0.3) is 0 Å². The number of hydrogen-bond acceptors (Lipinski definition) is 3. The first-order chi connectivity index (χ1) is 16.6. The third kappa shape index (κ3) is 5.35. The SMILES string of the molecule is CC.CC(=O)OC1CC2(C)C(CCC3C2CCC2CCCCC23C)/C1=C(\CCC=C(C)C)C(C)=O. The van der Waals surface area contributed by atoms with Gasteiger partial charge < -0.3 is 4.74 Å². The maximum absolute atomic E-state index is 12.9. The number of carbonyl (C=O) groups excluding carboxylic acids is 2. The molecule has 0 amide bonds. The molecule has 198 valence electrons. The summed E-state index contributed by atoms with van der Waals surface area (Å²) in [6.45, 7) is 16.5. The van der Waals surface area contributed by atoms with E-state index in [1.165, 1.54) is 63.0 Å². The van der Waals surface area contributed by atoms with E-state index in [4.69, 9.17) is 4.74 Å². The Morgan fingerprint density at radius 1 is 0.914 bits per heavy atom. The fourth-order valence-electron chi connectivity index (χ4n) is 8.97. The van der Waals surface area contributed by atoms with Crippen molar-refractivity contribution in [3.63, 3.8) is 0 Å². The van der Waals surface area contributed by atoms with Crippen molar-refractivity contribution in [3.8, 4) is 0 Å². The van der Waals surface area contributed by atoms with Crippen molar-refractivity contribution < 1.29 is 14.3 Å². The van der Waals surface area contributed by atoms with E-state index in [9.17, 15) is 9.59 Å². The Labute approximate surface area is 215 Å². The van der Waals surface area contributed by atoms with Crippen LogP contribution in [-0.4, -0.2) is 17.9 Å². The molecule has 35 heavy (non-hydrogen) atoms. The van der Waals surface area contributed by atoms with Gasteiger partial charge in [-0.05, 0) is 124 Å². The molecular weight excluding hydrogens is 432 g/mol. The molecule has 3 nitrogen and oxygen atoms in total. The molecule has 0 heterocycles. The summed E-state index contributed by atoms with van der Waals surface area (Å²) in [6.07, 6.45) is 15.2. The van der Waals surface area contributed by atoms with Crippen molar-refractivity contribution in [2.75, 3.05) is 0 Å². The summed E-state index contributed by atoms with van der Waals surface area (Å²) < 4.78 is 5.99. The standard InChI is InChI=1S/C30H46O3.C2H6/c1-19(2)10-9-12-23(20(3)31)28-26-16-15-24-25(30(26,6)18-27(28)33-21(4)32)14-13-22-11-7-8-17-29(22,24)5;1-2/h10,22,24-27H,7-9,11-18H2,1-6H3;1-2H3/b28-23-;. The highest BCUT2D eigenvalue weighted by atomic mass is 16.5. The molecule has 0 aromatic heterocycles. The van der Waals surface area contributed by atoms with Gasteiger partial charge in [-0.3, -0.25) is 9.59 Å². The second-order valence-corrected chi connectivity index (χ2v) is 12.5. The van der Waals surface area contributed by atoms with Crippen LogP contribution in [0.2, 0.25) is 0 Å². The van der Waals surface area contributed by atoms with E-state index in [1.807, 2.05) is 13.8 Å². The Morgan fingerprint density at radius 3 is 2.20 bits per heavy atom. The summed E-state index contributed by atoms with van der Waals surface area (Å²) in [5.74, 6) is 2.67. The average molecular weight is 485 g/mol. The van der Waals surface area contributed by atoms with Crippen molar-refractivity contribution in [3.05, 3.63) is 22.8 Å². The summed E-state index contributed by atoms with van der Waals surface area (Å²) >= 11 is 0. The lowest BCUT2D eigenvalue weighted by molar-refractivity contribution is -0.146. The summed E-state index contributed by atoms with van der Waals surface area (Å²) in [4.78, 5) is 25.1. The van der Waals surface area contributed by atoms with Crippen molar-refractivity contribution >= 4 is 11.8 Å². The maximum atomic E-state index is 12.9. The van der Waals surface area contributed by atoms with Crippen molar-refractivity contribution in [2.24, 2.45) is 34.5 Å². The van der Waals surface area contributed by atoms with Crippen LogP contribution in [0, 0.1) is 34.5 Å². The minimum Gasteiger partial charge on any atom is -0.458 e. The third-order valence-electron chi connectivity index (χ3n) is 10.4. The molecule has 3 heteroatoms. The number of rotatable bonds is 5. The number of allylic oxidation sites excluding steroid dienone is 3. The summed E-state index contributed by atoms with van der Waals surface area (Å²) in [5, 5.41) is 0. The molecule has 4 aliphatic carbocycles. The summed E-state index contributed by atoms with van der Waals surface area (Å²) in [7, 11) is 0. The molecule has 0 bridgehead atoms. The molecule has 0 spiro atoms. The van der Waals surface area contributed by atoms with Crippen LogP contribution in [0.4, 0.5) is 0 Å². The van der Waals surface area contributed by atoms with Gasteiger partial charge in [0.05, 0.1) is 0 Å². The monoisotopic (exact) mass is 484 g/mol. The van der Waals surface area contributed by atoms with E-state index in [-0.39, 0.29) is 23.3 Å². The predicted molar refractivity (Wildman–Crippen MR) is 145 cm³/mol. The molecule has 0 aromatic rings. The van der Waals surface area contributed by atoms with Crippen molar-refractivity contribution in [1.29, 1.82) is 0 Å². The van der Waals surface area contributed by atoms with Gasteiger partial charge >= 0.3 is 5.97 Å². The Morgan fingerprint density at radius 2 is 1.57 bits per heavy atom. The molecule has 4 rings (SSSR count). The Hall–Kier alpha value is -1.38. The molecule has 7 unspecified atom stereocenters. The first-order valence-corrected chi connectivity index (χ1v) is 14.6. The lowest BCUT2D eigenvalue weighted by Crippen LogP contribution is -2.53. The zero-order chi connectivity index (χ0) is 26.0. The minimum atomic E-state index is -0.223. The van der Waals surface area contributed by atoms with Gasteiger partial charge in [-0.15, -0.1) is 0 Å². The van der Waals surface area contributed by atoms with Crippen molar-refractivity contribution in [2.45, 2.75) is 132 Å². The van der Waals surface area contributed by atoms with Crippen LogP contribution in [0.15, 0.2) is 22.8 Å². The molecule has 4 saturated carbocycles. The van der Waals surface area contributed by atoms with Gasteiger partial charge in [0.2, 0.25) is 0 Å². The molecule has 7 atom stereocenters. The zero-order valence-electron chi connectivity index (χ0n) is 24.0. The fraction of sp³-hybridized carbons (Fsp3) is 0.812. The highest BCUT2D eigenvalue weighted by molar-refractivity contribution is 5.94. The summed E-state index contributed by atoms with van der Waals surface area (Å²) in [6, 6.07) is 0. The number of ether oxygens (including phenoxy) is 1. The van der Waals surface area contributed by atoms with Crippen LogP contribution in [-0.2, 0) is 14.3 Å². The molecule has 0 N–H and O–H groups in total. The third-order valence-corrected chi connectivity index (χ3v) is 10.4. The van der Waals surface area contributed by atoms with E-state index >= 15 is 0 Å². The van der Waals surface area contributed by atoms with Crippen LogP contribution in [0.1, 0.15) is 126 Å². The number of Topliss-reactive ketones (excluding diaryl/α,β-unsaturated/α-hetero) is 1. The van der Waals surface area contributed by atoms with Gasteiger partial charge in [-0.2, -0.15) is 0 Å². The van der Waals surface area contributed by atoms with E-state index in [1.54, 1.807) is 6.92 Å². The van der Waals surface area contributed by atoms with Gasteiger partial charge in [0.15, 0.2) is 5.78 Å². The Bertz CT molecular complexity index is 847. The van der Waals surface area contributed by atoms with Crippen molar-refractivity contribution in [1.82, 2.24) is 0 Å². The van der Waals surface area contributed by atoms with Gasteiger partial charge in [-0.1, -0.05) is 52.2 Å². The van der Waals surface area contributed by atoms with E-state index < -0.39 is 0 Å². The van der Waals surface area contributed by atoms with Crippen LogP contribution in [0.5, 0.6) is 0 Å². The highest BCUT2D eigenvalue weighted by Gasteiger charge is 2.62. The first-order valence-electron chi connectivity index (χ1n) is 14.6. The smallest absolute Gasteiger partial charge is 0.303 e. The second-order valence-electron chi connectivity index (χ2n) is 12.5. The molecule has 0 radical (unpaired) electrons. The van der Waals surface area contributed by atoms with E-state index in [2.05, 4.69) is 33.8 Å². The molecule has 0 aliphatic heterocycles. The highest BCUT2D eigenvalue weighted by Crippen LogP contribution is 2.68. The molecule has 4 aliphatic rings. The van der Waals surface area contributed by atoms with Crippen LogP contribution in [0.3, 0.4) is 0 Å². The normalized spacial score (nSPS) is 39.1. The zero-order valence-corrected chi connectivity index (χ0v) is 24.0. The first kappa shape index (κ1) is 28.2. The predicted octanol–water partition coefficient (Wildman–Crippen LogP) is 8.62. The fourth-order valence-corrected chi connectivity index (χ4v) is 8.97. The number of esters is 1. The van der Waals surface area contributed by atoms with Gasteiger partial charge in [0.1, 0.15) is 6.10 Å². The second kappa shape index (κ2) is 11.3. The number of hydrogen-bond donors (Lipinski definition) is 0. The van der Waals surface area contributed by atoms with Crippen LogP contribution >= 0.6 is 0 Å². The van der Waals surface area contributed by atoms with Gasteiger partial charge in [-0.25, -0.2) is 0 Å². The maximum Gasteiger partial charge on any atom is 0.303 e. The van der Waals surface area contributed by atoms with E-state index in [0.717, 1.165) is 43.1 Å². The van der Waals surface area contributed by atoms with Gasteiger partial charge in [0, 0.05) is 6.92 Å². The Balaban J connectivity index is 0.00000167. The average Bonchev–Trinajstić information content (AvgIpc) is 3.08. The quantitative estimate of drug-likeness (QED) is 0.223. The number of fused-ring (bicyclic) bond motifs is 5. The Kier molecular flexibility index (Phi) is 9.14. The lowest BCUT2D eigenvalue weighted by atomic mass is 9.44. The number of carbonyl (C=O) groups is 2. The number of ketones is 1. The van der Waals surface area contributed by atoms with Crippen LogP contribution < -0.4 is 0 Å². The van der Waals surface area contributed by atoms with Gasteiger partial charge in [0.25, 0.3) is 0 Å².